The first-order valence-electron chi connectivity index (χ1n) is 9.94. The molecule has 0 aliphatic heterocycles. The average molecular weight is 465 g/mol. The number of aromatic nitrogens is 3. The summed E-state index contributed by atoms with van der Waals surface area (Å²) >= 11 is 0. The van der Waals surface area contributed by atoms with Gasteiger partial charge in [0.15, 0.2) is 29.1 Å². The molecule has 0 aliphatic rings. The zero-order chi connectivity index (χ0) is 24.0. The Hall–Kier alpha value is -4.40. The van der Waals surface area contributed by atoms with Gasteiger partial charge in [-0.15, -0.1) is 0 Å². The summed E-state index contributed by atoms with van der Waals surface area (Å²) in [5.74, 6) is -10.3. The summed E-state index contributed by atoms with van der Waals surface area (Å²) in [6, 6.07) is 15.6. The number of nitrogens with one attached hydrogen (secondary N) is 1. The zero-order valence-electron chi connectivity index (χ0n) is 17.0. The predicted octanol–water partition coefficient (Wildman–Crippen LogP) is 6.22. The summed E-state index contributed by atoms with van der Waals surface area (Å²) in [4.78, 5) is 13.3. The third-order valence-electron chi connectivity index (χ3n) is 5.44. The summed E-state index contributed by atoms with van der Waals surface area (Å²) in [6.07, 6.45) is 0. The molecule has 5 aromatic rings. The van der Waals surface area contributed by atoms with Crippen molar-refractivity contribution in [1.29, 1.82) is 0 Å². The quantitative estimate of drug-likeness (QED) is 0.148. The number of benzene rings is 4. The summed E-state index contributed by atoms with van der Waals surface area (Å²) in [6.45, 7) is 0. The summed E-state index contributed by atoms with van der Waals surface area (Å²) < 4.78 is 73.5. The molecule has 34 heavy (non-hydrogen) atoms. The van der Waals surface area contributed by atoms with Gasteiger partial charge in [-0.2, -0.15) is 15.4 Å². The van der Waals surface area contributed by atoms with Crippen molar-refractivity contribution in [3.63, 3.8) is 0 Å². The van der Waals surface area contributed by atoms with Gasteiger partial charge < -0.3 is 0 Å². The SMILES string of the molecule is O=C(c1cccc(-c2cccc3n[nH]nc23)c1F)c1c(F)c(F)c(F)c(F)c1-c1ccccc1. The second-order valence-corrected chi connectivity index (χ2v) is 7.37. The summed E-state index contributed by atoms with van der Waals surface area (Å²) in [5.41, 5.74) is -1.66. The van der Waals surface area contributed by atoms with E-state index in [-0.39, 0.29) is 11.1 Å². The van der Waals surface area contributed by atoms with Crippen LogP contribution in [0.3, 0.4) is 0 Å². The topological polar surface area (TPSA) is 58.6 Å². The standard InChI is InChI=1S/C25H12F5N3O/c26-19-13(14-9-5-11-16-24(14)32-33-31-16)8-4-10-15(19)25(34)18-17(12-6-2-1-3-7-12)20(27)22(29)23(30)21(18)28/h1-11H,(H,31,32,33). The minimum atomic E-state index is -2.16. The molecule has 0 saturated carbocycles. The molecule has 4 nitrogen and oxygen atoms in total. The van der Waals surface area contributed by atoms with Gasteiger partial charge >= 0.3 is 0 Å². The number of H-pyrrole nitrogens is 1. The molecule has 0 spiro atoms. The van der Waals surface area contributed by atoms with Gasteiger partial charge in [0.25, 0.3) is 0 Å². The highest BCUT2D eigenvalue weighted by molar-refractivity contribution is 6.14. The second-order valence-electron chi connectivity index (χ2n) is 7.37. The van der Waals surface area contributed by atoms with Gasteiger partial charge in [0, 0.05) is 16.7 Å². The van der Waals surface area contributed by atoms with Crippen LogP contribution in [-0.4, -0.2) is 21.2 Å². The first-order chi connectivity index (χ1) is 16.4. The Balaban J connectivity index is 1.75. The zero-order valence-corrected chi connectivity index (χ0v) is 17.0. The molecule has 1 aromatic heterocycles. The Kier molecular flexibility index (Phi) is 5.16. The number of aromatic amines is 1. The smallest absolute Gasteiger partial charge is 0.199 e. The number of nitrogens with zero attached hydrogens (tertiary/aromatic N) is 2. The maximum absolute atomic E-state index is 15.6. The molecule has 5 rings (SSSR count). The lowest BCUT2D eigenvalue weighted by Crippen LogP contribution is -2.14. The van der Waals surface area contributed by atoms with Crippen LogP contribution >= 0.6 is 0 Å². The van der Waals surface area contributed by atoms with Crippen LogP contribution in [0.2, 0.25) is 0 Å². The van der Waals surface area contributed by atoms with E-state index in [9.17, 15) is 22.4 Å². The lowest BCUT2D eigenvalue weighted by Gasteiger charge is -2.15. The Morgan fingerprint density at radius 1 is 0.647 bits per heavy atom. The van der Waals surface area contributed by atoms with Gasteiger partial charge in [-0.3, -0.25) is 4.79 Å². The van der Waals surface area contributed by atoms with Crippen LogP contribution in [0.15, 0.2) is 66.7 Å². The van der Waals surface area contributed by atoms with Crippen LogP contribution < -0.4 is 0 Å². The number of carbonyl (C=O) groups is 1. The molecule has 1 N–H and O–H groups in total. The third kappa shape index (κ3) is 3.24. The monoisotopic (exact) mass is 465 g/mol. The van der Waals surface area contributed by atoms with E-state index in [2.05, 4.69) is 15.4 Å². The van der Waals surface area contributed by atoms with Crippen molar-refractivity contribution in [2.45, 2.75) is 0 Å². The fourth-order valence-corrected chi connectivity index (χ4v) is 3.86. The number of hydrogen-bond acceptors (Lipinski definition) is 3. The summed E-state index contributed by atoms with van der Waals surface area (Å²) in [5, 5.41) is 10.3. The van der Waals surface area contributed by atoms with Crippen LogP contribution in [0.25, 0.3) is 33.3 Å². The molecule has 0 fully saturated rings. The van der Waals surface area contributed by atoms with E-state index in [1.165, 1.54) is 36.4 Å². The van der Waals surface area contributed by atoms with Crippen LogP contribution in [-0.2, 0) is 0 Å². The van der Waals surface area contributed by atoms with Gasteiger partial charge in [0.2, 0.25) is 0 Å². The molecule has 9 heteroatoms. The molecule has 0 amide bonds. The molecule has 0 aliphatic carbocycles. The number of halogens is 5. The maximum atomic E-state index is 15.6. The van der Waals surface area contributed by atoms with E-state index >= 15 is 4.39 Å². The van der Waals surface area contributed by atoms with Crippen molar-refractivity contribution >= 4 is 16.8 Å². The fraction of sp³-hybridized carbons (Fsp3) is 0. The van der Waals surface area contributed by atoms with Gasteiger partial charge in [-0.05, 0) is 17.7 Å². The number of rotatable bonds is 4. The Labute approximate surface area is 188 Å². The number of ketones is 1. The molecule has 168 valence electrons. The van der Waals surface area contributed by atoms with Gasteiger partial charge in [-0.1, -0.05) is 54.6 Å². The molecule has 1 heterocycles. The van der Waals surface area contributed by atoms with Crippen molar-refractivity contribution in [3.05, 3.63) is 107 Å². The van der Waals surface area contributed by atoms with Crippen LogP contribution in [0.1, 0.15) is 15.9 Å². The second kappa shape index (κ2) is 8.18. The Bertz CT molecular complexity index is 1580. The molecule has 0 saturated heterocycles. The molecule has 0 radical (unpaired) electrons. The predicted molar refractivity (Wildman–Crippen MR) is 114 cm³/mol. The van der Waals surface area contributed by atoms with Crippen molar-refractivity contribution in [3.8, 4) is 22.3 Å². The van der Waals surface area contributed by atoms with Crippen molar-refractivity contribution in [2.75, 3.05) is 0 Å². The van der Waals surface area contributed by atoms with Gasteiger partial charge in [0.05, 0.1) is 11.1 Å². The summed E-state index contributed by atoms with van der Waals surface area (Å²) in [7, 11) is 0. The molecule has 0 unspecified atom stereocenters. The van der Waals surface area contributed by atoms with E-state index in [0.717, 1.165) is 6.07 Å². The van der Waals surface area contributed by atoms with Crippen molar-refractivity contribution in [1.82, 2.24) is 15.4 Å². The van der Waals surface area contributed by atoms with Crippen LogP contribution in [0, 0.1) is 29.1 Å². The first-order valence-corrected chi connectivity index (χ1v) is 9.94. The number of para-hydroxylation sites is 1. The first kappa shape index (κ1) is 21.4. The maximum Gasteiger partial charge on any atom is 0.199 e. The Morgan fingerprint density at radius 2 is 1.32 bits per heavy atom. The van der Waals surface area contributed by atoms with Gasteiger partial charge in [0.1, 0.15) is 16.9 Å². The van der Waals surface area contributed by atoms with E-state index in [1.54, 1.807) is 24.3 Å². The number of hydrogen-bond donors (Lipinski definition) is 1. The van der Waals surface area contributed by atoms with E-state index < -0.39 is 51.6 Å². The molecule has 0 bridgehead atoms. The third-order valence-corrected chi connectivity index (χ3v) is 5.44. The lowest BCUT2D eigenvalue weighted by atomic mass is 9.90. The fourth-order valence-electron chi connectivity index (χ4n) is 3.86. The molecular weight excluding hydrogens is 453 g/mol. The van der Waals surface area contributed by atoms with E-state index in [4.69, 9.17) is 0 Å². The highest BCUT2D eigenvalue weighted by Crippen LogP contribution is 2.36. The largest absolute Gasteiger partial charge is 0.288 e. The highest BCUT2D eigenvalue weighted by Gasteiger charge is 2.32. The van der Waals surface area contributed by atoms with Crippen LogP contribution in [0.5, 0.6) is 0 Å². The minimum absolute atomic E-state index is 0.0601. The van der Waals surface area contributed by atoms with Gasteiger partial charge in [-0.25, -0.2) is 22.0 Å². The number of fused-ring (bicyclic) bond motifs is 1. The normalized spacial score (nSPS) is 11.2. The van der Waals surface area contributed by atoms with Crippen LogP contribution in [0.4, 0.5) is 22.0 Å². The Morgan fingerprint density at radius 3 is 2.09 bits per heavy atom. The minimum Gasteiger partial charge on any atom is -0.288 e. The average Bonchev–Trinajstić information content (AvgIpc) is 3.34. The highest BCUT2D eigenvalue weighted by atomic mass is 19.2. The van der Waals surface area contributed by atoms with E-state index in [1.807, 2.05) is 0 Å². The lowest BCUT2D eigenvalue weighted by molar-refractivity contribution is 0.103. The molecule has 0 atom stereocenters. The van der Waals surface area contributed by atoms with Crippen molar-refractivity contribution < 1.29 is 26.7 Å². The van der Waals surface area contributed by atoms with E-state index in [0.29, 0.717) is 16.6 Å². The number of carbonyl (C=O) groups excluding carboxylic acids is 1. The molecule has 4 aromatic carbocycles. The van der Waals surface area contributed by atoms with Crippen molar-refractivity contribution in [2.24, 2.45) is 0 Å². The molecular formula is C25H12F5N3O.